The van der Waals surface area contributed by atoms with Gasteiger partial charge in [-0.25, -0.2) is 9.00 Å². The molecule has 0 heterocycles. The van der Waals surface area contributed by atoms with Crippen LogP contribution in [0.4, 0.5) is 0 Å². The molecular weight excluding hydrogens is 248 g/mol. The average molecular weight is 266 g/mol. The lowest BCUT2D eigenvalue weighted by Crippen LogP contribution is -2.12. The van der Waals surface area contributed by atoms with Crippen LogP contribution in [0.25, 0.3) is 0 Å². The Bertz CT molecular complexity index is 438. The first kappa shape index (κ1) is 14.6. The van der Waals surface area contributed by atoms with Crippen molar-refractivity contribution in [2.24, 2.45) is 0 Å². The zero-order chi connectivity index (χ0) is 13.4. The van der Waals surface area contributed by atoms with Crippen LogP contribution < -0.4 is 0 Å². The largest absolute Gasteiger partial charge is 0.462 e. The Hall–Kier alpha value is -1.42. The smallest absolute Gasteiger partial charge is 0.347 e. The molecule has 0 aliphatic carbocycles. The molecule has 1 rings (SSSR count). The van der Waals surface area contributed by atoms with E-state index in [9.17, 15) is 9.00 Å². The number of rotatable bonds is 6. The molecule has 0 saturated heterocycles. The molecule has 0 aliphatic rings. The van der Waals surface area contributed by atoms with E-state index < -0.39 is 16.8 Å². The first-order chi connectivity index (χ1) is 8.70. The highest BCUT2D eigenvalue weighted by molar-refractivity contribution is 7.90. The number of hydrogen-bond donors (Lipinski definition) is 0. The van der Waals surface area contributed by atoms with Crippen molar-refractivity contribution in [3.05, 3.63) is 41.3 Å². The Labute approximate surface area is 110 Å². The summed E-state index contributed by atoms with van der Waals surface area (Å²) in [5, 5.41) is 0. The highest BCUT2D eigenvalue weighted by atomic mass is 32.2. The summed E-state index contributed by atoms with van der Waals surface area (Å²) in [5.74, 6) is -0.492. The molecule has 0 N–H and O–H groups in total. The van der Waals surface area contributed by atoms with Gasteiger partial charge in [-0.15, -0.1) is 0 Å². The minimum absolute atomic E-state index is 0.241. The van der Waals surface area contributed by atoms with E-state index in [2.05, 4.69) is 0 Å². The van der Waals surface area contributed by atoms with Crippen molar-refractivity contribution < 1.29 is 13.7 Å². The van der Waals surface area contributed by atoms with Crippen LogP contribution in [0.3, 0.4) is 0 Å². The second-order valence-electron chi connectivity index (χ2n) is 3.66. The van der Waals surface area contributed by atoms with Gasteiger partial charge >= 0.3 is 5.97 Å². The fourth-order valence-corrected chi connectivity index (χ4v) is 2.52. The zero-order valence-corrected chi connectivity index (χ0v) is 11.5. The summed E-state index contributed by atoms with van der Waals surface area (Å²) < 4.78 is 17.3. The highest BCUT2D eigenvalue weighted by Gasteiger charge is 2.18. The predicted octanol–water partition coefficient (Wildman–Crippen LogP) is 3.04. The summed E-state index contributed by atoms with van der Waals surface area (Å²) in [6, 6.07) is 8.94. The molecule has 1 aromatic carbocycles. The summed E-state index contributed by atoms with van der Waals surface area (Å²) in [7, 11) is -1.47. The Morgan fingerprint density at radius 3 is 2.50 bits per heavy atom. The van der Waals surface area contributed by atoms with Gasteiger partial charge in [-0.05, 0) is 25.5 Å². The molecule has 0 aromatic heterocycles. The van der Waals surface area contributed by atoms with Gasteiger partial charge in [0.15, 0.2) is 0 Å². The molecular formula is C14H18O3S. The van der Waals surface area contributed by atoms with E-state index in [0.29, 0.717) is 11.3 Å². The molecule has 0 fully saturated rings. The summed E-state index contributed by atoms with van der Waals surface area (Å²) in [6.07, 6.45) is 3.32. The van der Waals surface area contributed by atoms with Gasteiger partial charge in [0.25, 0.3) is 0 Å². The fraction of sp³-hybridized carbons (Fsp3) is 0.357. The lowest BCUT2D eigenvalue weighted by atomic mass is 10.3. The molecule has 0 spiro atoms. The summed E-state index contributed by atoms with van der Waals surface area (Å²) in [6.45, 7) is 4.03. The number of carbonyl (C=O) groups is 1. The normalized spacial score (nSPS) is 13.1. The SMILES string of the molecule is CCC/C=C(\C(=O)OCC)S(=O)c1ccccc1. The molecule has 0 bridgehead atoms. The van der Waals surface area contributed by atoms with Gasteiger partial charge in [-0.2, -0.15) is 0 Å². The van der Waals surface area contributed by atoms with E-state index >= 15 is 0 Å². The van der Waals surface area contributed by atoms with E-state index in [-0.39, 0.29) is 11.5 Å². The van der Waals surface area contributed by atoms with E-state index in [1.54, 1.807) is 37.3 Å². The van der Waals surface area contributed by atoms with E-state index in [4.69, 9.17) is 4.74 Å². The first-order valence-corrected chi connectivity index (χ1v) is 7.19. The molecule has 1 unspecified atom stereocenters. The monoisotopic (exact) mass is 266 g/mol. The van der Waals surface area contributed by atoms with Crippen molar-refractivity contribution >= 4 is 16.8 Å². The highest BCUT2D eigenvalue weighted by Crippen LogP contribution is 2.16. The fourth-order valence-electron chi connectivity index (χ4n) is 1.38. The second kappa shape index (κ2) is 7.82. The second-order valence-corrected chi connectivity index (χ2v) is 5.11. The minimum atomic E-state index is -1.47. The van der Waals surface area contributed by atoms with Gasteiger partial charge in [0.1, 0.15) is 4.91 Å². The lowest BCUT2D eigenvalue weighted by molar-refractivity contribution is -0.137. The third-order valence-corrected chi connectivity index (χ3v) is 3.69. The Morgan fingerprint density at radius 2 is 1.94 bits per heavy atom. The van der Waals surface area contributed by atoms with Crippen LogP contribution in [-0.2, 0) is 20.3 Å². The molecule has 98 valence electrons. The van der Waals surface area contributed by atoms with E-state index in [1.165, 1.54) is 0 Å². The van der Waals surface area contributed by atoms with Crippen molar-refractivity contribution in [3.63, 3.8) is 0 Å². The molecule has 3 nitrogen and oxygen atoms in total. The quantitative estimate of drug-likeness (QED) is 0.587. The molecule has 0 saturated carbocycles. The van der Waals surface area contributed by atoms with Crippen molar-refractivity contribution in [1.29, 1.82) is 0 Å². The standard InChI is InChI=1S/C14H18O3S/c1-3-5-11-13(14(15)17-4-2)18(16)12-9-7-6-8-10-12/h6-11H,3-5H2,1-2H3/b13-11+. The average Bonchev–Trinajstić information content (AvgIpc) is 2.40. The number of hydrogen-bond acceptors (Lipinski definition) is 3. The molecule has 18 heavy (non-hydrogen) atoms. The van der Waals surface area contributed by atoms with Crippen molar-refractivity contribution in [1.82, 2.24) is 0 Å². The predicted molar refractivity (Wildman–Crippen MR) is 72.5 cm³/mol. The Kier molecular flexibility index (Phi) is 6.36. The van der Waals surface area contributed by atoms with Crippen molar-refractivity contribution in [3.8, 4) is 0 Å². The van der Waals surface area contributed by atoms with Gasteiger partial charge in [0.05, 0.1) is 17.4 Å². The van der Waals surface area contributed by atoms with E-state index in [1.807, 2.05) is 13.0 Å². The third-order valence-electron chi connectivity index (χ3n) is 2.25. The number of esters is 1. The Morgan fingerprint density at radius 1 is 1.28 bits per heavy atom. The minimum Gasteiger partial charge on any atom is -0.462 e. The summed E-state index contributed by atoms with van der Waals surface area (Å²) in [5.41, 5.74) is 0. The van der Waals surface area contributed by atoms with Crippen molar-refractivity contribution in [2.75, 3.05) is 6.61 Å². The van der Waals surface area contributed by atoms with Crippen LogP contribution in [0.15, 0.2) is 46.2 Å². The van der Waals surface area contributed by atoms with Gasteiger partial charge < -0.3 is 4.74 Å². The lowest BCUT2D eigenvalue weighted by Gasteiger charge is -2.07. The maximum absolute atomic E-state index is 12.3. The first-order valence-electron chi connectivity index (χ1n) is 6.04. The maximum Gasteiger partial charge on any atom is 0.347 e. The number of unbranched alkanes of at least 4 members (excludes halogenated alkanes) is 1. The van der Waals surface area contributed by atoms with Crippen molar-refractivity contribution in [2.45, 2.75) is 31.6 Å². The number of benzene rings is 1. The van der Waals surface area contributed by atoms with Crippen LogP contribution in [0.2, 0.25) is 0 Å². The van der Waals surface area contributed by atoms with Crippen LogP contribution >= 0.6 is 0 Å². The van der Waals surface area contributed by atoms with Crippen LogP contribution in [0, 0.1) is 0 Å². The molecule has 0 aliphatic heterocycles. The summed E-state index contributed by atoms with van der Waals surface area (Å²) >= 11 is 0. The topological polar surface area (TPSA) is 43.4 Å². The van der Waals surface area contributed by atoms with Gasteiger partial charge in [0.2, 0.25) is 0 Å². The Balaban J connectivity index is 2.97. The third kappa shape index (κ3) is 4.11. The number of allylic oxidation sites excluding steroid dienone is 1. The van der Waals surface area contributed by atoms with E-state index in [0.717, 1.165) is 6.42 Å². The molecule has 0 radical (unpaired) electrons. The summed E-state index contributed by atoms with van der Waals surface area (Å²) in [4.78, 5) is 12.6. The van der Waals surface area contributed by atoms with Gasteiger partial charge in [0, 0.05) is 4.90 Å². The van der Waals surface area contributed by atoms with Crippen LogP contribution in [-0.4, -0.2) is 16.8 Å². The zero-order valence-electron chi connectivity index (χ0n) is 10.7. The van der Waals surface area contributed by atoms with Crippen LogP contribution in [0.5, 0.6) is 0 Å². The molecule has 1 atom stereocenters. The van der Waals surface area contributed by atoms with Gasteiger partial charge in [-0.1, -0.05) is 37.6 Å². The maximum atomic E-state index is 12.3. The molecule has 1 aromatic rings. The van der Waals surface area contributed by atoms with Crippen LogP contribution in [0.1, 0.15) is 26.7 Å². The molecule has 0 amide bonds. The number of carbonyl (C=O) groups excluding carboxylic acids is 1. The molecule has 4 heteroatoms. The van der Waals surface area contributed by atoms with Gasteiger partial charge in [-0.3, -0.25) is 0 Å². The number of ether oxygens (including phenoxy) is 1.